The van der Waals surface area contributed by atoms with Gasteiger partial charge in [-0.2, -0.15) is 0 Å². The standard InChI is InChI=1S/C22H17ClN2O2/c1-13-3-9-17(18(23)11-13)21(26)24-16-7-5-15(6-8-16)22-25-19-10-4-14(2)12-20(19)27-22/h3-12H,1-2H3,(H,24,26). The first-order chi connectivity index (χ1) is 13.0. The second-order valence-electron chi connectivity index (χ2n) is 6.50. The van der Waals surface area contributed by atoms with Crippen molar-refractivity contribution >= 4 is 34.3 Å². The van der Waals surface area contributed by atoms with Crippen LogP contribution in [0.15, 0.2) is 65.1 Å². The predicted octanol–water partition coefficient (Wildman–Crippen LogP) is 6.02. The number of fused-ring (bicyclic) bond motifs is 1. The molecule has 4 nitrogen and oxygen atoms in total. The largest absolute Gasteiger partial charge is 0.436 e. The minimum absolute atomic E-state index is 0.245. The molecule has 1 aromatic heterocycles. The van der Waals surface area contributed by atoms with Crippen LogP contribution in [-0.2, 0) is 0 Å². The third-order valence-electron chi connectivity index (χ3n) is 4.30. The van der Waals surface area contributed by atoms with E-state index in [1.54, 1.807) is 12.1 Å². The molecule has 0 radical (unpaired) electrons. The smallest absolute Gasteiger partial charge is 0.257 e. The molecule has 3 aromatic carbocycles. The molecule has 0 fully saturated rings. The number of aromatic nitrogens is 1. The molecule has 4 rings (SSSR count). The summed E-state index contributed by atoms with van der Waals surface area (Å²) < 4.78 is 5.84. The van der Waals surface area contributed by atoms with Crippen LogP contribution >= 0.6 is 11.6 Å². The molecule has 1 heterocycles. The Kier molecular flexibility index (Phi) is 4.42. The zero-order valence-electron chi connectivity index (χ0n) is 14.9. The molecule has 134 valence electrons. The molecule has 0 aliphatic heterocycles. The van der Waals surface area contributed by atoms with Gasteiger partial charge in [0.2, 0.25) is 5.89 Å². The molecule has 0 atom stereocenters. The number of halogens is 1. The number of nitrogens with zero attached hydrogens (tertiary/aromatic N) is 1. The van der Waals surface area contributed by atoms with Crippen molar-refractivity contribution in [2.75, 3.05) is 5.32 Å². The first-order valence-corrected chi connectivity index (χ1v) is 8.92. The highest BCUT2D eigenvalue weighted by Crippen LogP contribution is 2.26. The van der Waals surface area contributed by atoms with Crippen molar-refractivity contribution in [1.29, 1.82) is 0 Å². The topological polar surface area (TPSA) is 55.1 Å². The van der Waals surface area contributed by atoms with E-state index in [9.17, 15) is 4.79 Å². The average Bonchev–Trinajstić information content (AvgIpc) is 3.05. The quantitative estimate of drug-likeness (QED) is 0.475. The monoisotopic (exact) mass is 376 g/mol. The van der Waals surface area contributed by atoms with Gasteiger partial charge in [-0.3, -0.25) is 4.79 Å². The number of hydrogen-bond acceptors (Lipinski definition) is 3. The van der Waals surface area contributed by atoms with Crippen LogP contribution < -0.4 is 5.32 Å². The van der Waals surface area contributed by atoms with Crippen LogP contribution in [0.1, 0.15) is 21.5 Å². The van der Waals surface area contributed by atoms with Gasteiger partial charge in [0.15, 0.2) is 5.58 Å². The first kappa shape index (κ1) is 17.3. The number of anilines is 1. The van der Waals surface area contributed by atoms with Gasteiger partial charge < -0.3 is 9.73 Å². The number of nitrogens with one attached hydrogen (secondary N) is 1. The maximum absolute atomic E-state index is 12.4. The number of oxazole rings is 1. The zero-order valence-corrected chi connectivity index (χ0v) is 15.7. The lowest BCUT2D eigenvalue weighted by Crippen LogP contribution is -2.12. The second kappa shape index (κ2) is 6.89. The number of carbonyl (C=O) groups is 1. The Morgan fingerprint density at radius 1 is 0.963 bits per heavy atom. The van der Waals surface area contributed by atoms with Gasteiger partial charge in [0.25, 0.3) is 5.91 Å². The van der Waals surface area contributed by atoms with Crippen molar-refractivity contribution in [1.82, 2.24) is 4.98 Å². The molecule has 0 aliphatic carbocycles. The van der Waals surface area contributed by atoms with Gasteiger partial charge in [0, 0.05) is 11.3 Å². The summed E-state index contributed by atoms with van der Waals surface area (Å²) in [6, 6.07) is 18.6. The van der Waals surface area contributed by atoms with Gasteiger partial charge in [-0.25, -0.2) is 4.98 Å². The van der Waals surface area contributed by atoms with Crippen LogP contribution in [0.3, 0.4) is 0 Å². The van der Waals surface area contributed by atoms with Crippen LogP contribution in [0.5, 0.6) is 0 Å². The maximum Gasteiger partial charge on any atom is 0.257 e. The van der Waals surface area contributed by atoms with Crippen molar-refractivity contribution in [3.8, 4) is 11.5 Å². The van der Waals surface area contributed by atoms with E-state index >= 15 is 0 Å². The molecule has 0 spiro atoms. The van der Waals surface area contributed by atoms with Crippen LogP contribution in [0, 0.1) is 13.8 Å². The highest BCUT2D eigenvalue weighted by Gasteiger charge is 2.12. The highest BCUT2D eigenvalue weighted by atomic mass is 35.5. The van der Waals surface area contributed by atoms with Crippen molar-refractivity contribution in [2.24, 2.45) is 0 Å². The summed E-state index contributed by atoms with van der Waals surface area (Å²) in [4.78, 5) is 16.9. The van der Waals surface area contributed by atoms with Crippen LogP contribution in [0.4, 0.5) is 5.69 Å². The lowest BCUT2D eigenvalue weighted by Gasteiger charge is -2.08. The van der Waals surface area contributed by atoms with E-state index in [0.717, 1.165) is 27.8 Å². The Labute approximate surface area is 161 Å². The maximum atomic E-state index is 12.4. The first-order valence-electron chi connectivity index (χ1n) is 8.55. The molecule has 1 amide bonds. The number of amides is 1. The molecule has 0 bridgehead atoms. The van der Waals surface area contributed by atoms with Crippen molar-refractivity contribution in [3.63, 3.8) is 0 Å². The fraction of sp³-hybridized carbons (Fsp3) is 0.0909. The van der Waals surface area contributed by atoms with E-state index in [1.807, 2.05) is 62.4 Å². The average molecular weight is 377 g/mol. The molecule has 1 N–H and O–H groups in total. The molecule has 4 aromatic rings. The summed E-state index contributed by atoms with van der Waals surface area (Å²) in [5.41, 5.74) is 5.68. The van der Waals surface area contributed by atoms with Crippen molar-refractivity contribution in [2.45, 2.75) is 13.8 Å². The van der Waals surface area contributed by atoms with Gasteiger partial charge in [0.05, 0.1) is 10.6 Å². The predicted molar refractivity (Wildman–Crippen MR) is 108 cm³/mol. The summed E-state index contributed by atoms with van der Waals surface area (Å²) in [7, 11) is 0. The van der Waals surface area contributed by atoms with E-state index < -0.39 is 0 Å². The Morgan fingerprint density at radius 3 is 2.41 bits per heavy atom. The number of aryl methyl sites for hydroxylation is 2. The van der Waals surface area contributed by atoms with Crippen LogP contribution in [-0.4, -0.2) is 10.9 Å². The summed E-state index contributed by atoms with van der Waals surface area (Å²) in [6.07, 6.45) is 0. The summed E-state index contributed by atoms with van der Waals surface area (Å²) in [6.45, 7) is 3.94. The third kappa shape index (κ3) is 3.57. The van der Waals surface area contributed by atoms with Crippen LogP contribution in [0.2, 0.25) is 5.02 Å². The fourth-order valence-electron chi connectivity index (χ4n) is 2.85. The Balaban J connectivity index is 1.55. The zero-order chi connectivity index (χ0) is 19.0. The van der Waals surface area contributed by atoms with Gasteiger partial charge in [0.1, 0.15) is 5.52 Å². The third-order valence-corrected chi connectivity index (χ3v) is 4.62. The molecule has 0 saturated carbocycles. The summed E-state index contributed by atoms with van der Waals surface area (Å²) in [5, 5.41) is 3.29. The normalized spacial score (nSPS) is 10.9. The minimum Gasteiger partial charge on any atom is -0.436 e. The van der Waals surface area contributed by atoms with E-state index in [4.69, 9.17) is 16.0 Å². The molecular formula is C22H17ClN2O2. The fourth-order valence-corrected chi connectivity index (χ4v) is 3.18. The van der Waals surface area contributed by atoms with E-state index in [-0.39, 0.29) is 5.91 Å². The van der Waals surface area contributed by atoms with Crippen molar-refractivity contribution in [3.05, 3.63) is 82.4 Å². The van der Waals surface area contributed by atoms with E-state index in [0.29, 0.717) is 22.2 Å². The Bertz CT molecular complexity index is 1150. The SMILES string of the molecule is Cc1ccc(C(=O)Nc2ccc(-c3nc4ccc(C)cc4o3)cc2)c(Cl)c1. The molecule has 5 heteroatoms. The minimum atomic E-state index is -0.245. The van der Waals surface area contributed by atoms with E-state index in [2.05, 4.69) is 10.3 Å². The highest BCUT2D eigenvalue weighted by molar-refractivity contribution is 6.34. The molecule has 0 aliphatic rings. The van der Waals surface area contributed by atoms with Gasteiger partial charge in [-0.15, -0.1) is 0 Å². The number of rotatable bonds is 3. The number of benzene rings is 3. The molecule has 27 heavy (non-hydrogen) atoms. The van der Waals surface area contributed by atoms with Gasteiger partial charge >= 0.3 is 0 Å². The molecular weight excluding hydrogens is 360 g/mol. The molecule has 0 unspecified atom stereocenters. The summed E-state index contributed by atoms with van der Waals surface area (Å²) >= 11 is 6.16. The van der Waals surface area contributed by atoms with Gasteiger partial charge in [-0.1, -0.05) is 23.7 Å². The number of carbonyl (C=O) groups excluding carboxylic acids is 1. The molecule has 0 saturated heterocycles. The second-order valence-corrected chi connectivity index (χ2v) is 6.91. The van der Waals surface area contributed by atoms with E-state index in [1.165, 1.54) is 0 Å². The Morgan fingerprint density at radius 2 is 1.67 bits per heavy atom. The summed E-state index contributed by atoms with van der Waals surface area (Å²) in [5.74, 6) is 0.306. The lowest BCUT2D eigenvalue weighted by atomic mass is 10.1. The van der Waals surface area contributed by atoms with Gasteiger partial charge in [-0.05, 0) is 73.5 Å². The van der Waals surface area contributed by atoms with Crippen LogP contribution in [0.25, 0.3) is 22.6 Å². The lowest BCUT2D eigenvalue weighted by molar-refractivity contribution is 0.102. The van der Waals surface area contributed by atoms with Crippen molar-refractivity contribution < 1.29 is 9.21 Å². The Hall–Kier alpha value is -3.11. The number of hydrogen-bond donors (Lipinski definition) is 1.